The number of rotatable bonds is 5. The monoisotopic (exact) mass is 354 g/mol. The van der Waals surface area contributed by atoms with E-state index >= 15 is 0 Å². The van der Waals surface area contributed by atoms with Gasteiger partial charge in [0.05, 0.1) is 0 Å². The van der Waals surface area contributed by atoms with Gasteiger partial charge >= 0.3 is 0 Å². The summed E-state index contributed by atoms with van der Waals surface area (Å²) in [6.45, 7) is 2.58. The molecule has 1 heterocycles. The average molecular weight is 354 g/mol. The maximum Gasteiger partial charge on any atom is 0.245 e. The molecule has 1 aliphatic carbocycles. The second-order valence-corrected chi connectivity index (χ2v) is 7.75. The quantitative estimate of drug-likeness (QED) is 0.815. The fourth-order valence-electron chi connectivity index (χ4n) is 3.93. The highest BCUT2D eigenvalue weighted by atomic mass is 16.2. The zero-order valence-corrected chi connectivity index (χ0v) is 15.7. The molecule has 1 saturated heterocycles. The van der Waals surface area contributed by atoms with Crippen LogP contribution in [0, 0.1) is 0 Å². The van der Waals surface area contributed by atoms with E-state index in [0.717, 1.165) is 24.8 Å². The molecule has 3 rings (SSSR count). The summed E-state index contributed by atoms with van der Waals surface area (Å²) in [6.07, 6.45) is 12.0. The van der Waals surface area contributed by atoms with Crippen molar-refractivity contribution in [2.45, 2.75) is 69.9 Å². The summed E-state index contributed by atoms with van der Waals surface area (Å²) < 4.78 is 0. The van der Waals surface area contributed by atoms with E-state index in [1.54, 1.807) is 4.90 Å². The van der Waals surface area contributed by atoms with Crippen molar-refractivity contribution in [2.75, 3.05) is 6.54 Å². The molecule has 26 heavy (non-hydrogen) atoms. The molecular formula is C22H30N2O2. The Morgan fingerprint density at radius 1 is 1.15 bits per heavy atom. The highest BCUT2D eigenvalue weighted by Gasteiger charge is 2.49. The second-order valence-electron chi connectivity index (χ2n) is 7.75. The molecule has 0 bridgehead atoms. The lowest BCUT2D eigenvalue weighted by Crippen LogP contribution is -2.68. The lowest BCUT2D eigenvalue weighted by Gasteiger charge is -2.49. The van der Waals surface area contributed by atoms with Gasteiger partial charge in [-0.05, 0) is 31.7 Å². The van der Waals surface area contributed by atoms with Crippen LogP contribution in [0.1, 0.15) is 63.9 Å². The van der Waals surface area contributed by atoms with Crippen molar-refractivity contribution >= 4 is 17.9 Å². The van der Waals surface area contributed by atoms with Gasteiger partial charge in [-0.1, -0.05) is 68.2 Å². The number of carbonyl (C=O) groups excluding carboxylic acids is 2. The molecule has 2 fully saturated rings. The molecule has 2 aliphatic rings. The van der Waals surface area contributed by atoms with Gasteiger partial charge in [-0.2, -0.15) is 0 Å². The second kappa shape index (κ2) is 8.52. The van der Waals surface area contributed by atoms with Crippen molar-refractivity contribution in [3.8, 4) is 0 Å². The summed E-state index contributed by atoms with van der Waals surface area (Å²) >= 11 is 0. The zero-order chi connectivity index (χ0) is 18.4. The van der Waals surface area contributed by atoms with E-state index in [1.807, 2.05) is 49.4 Å². The van der Waals surface area contributed by atoms with E-state index in [-0.39, 0.29) is 17.9 Å². The molecule has 1 aromatic carbocycles. The number of hydrogen-bond acceptors (Lipinski definition) is 2. The first-order valence-corrected chi connectivity index (χ1v) is 9.92. The molecule has 1 saturated carbocycles. The molecular weight excluding hydrogens is 324 g/mol. The van der Waals surface area contributed by atoms with Gasteiger partial charge in [0.2, 0.25) is 11.8 Å². The first-order chi connectivity index (χ1) is 12.6. The third kappa shape index (κ3) is 4.35. The van der Waals surface area contributed by atoms with Gasteiger partial charge in [0.15, 0.2) is 0 Å². The standard InChI is InChI=1S/C22H30N2O2/c1-22(21(26)23-19-13-7-2-3-8-14-19)16-17-24(22)20(25)15-9-12-18-10-5-4-6-11-18/h4-6,9-12,19H,2-3,7-8,13-17H2,1H3,(H,23,26)/b12-9+. The van der Waals surface area contributed by atoms with Crippen LogP contribution in [0.15, 0.2) is 36.4 Å². The van der Waals surface area contributed by atoms with E-state index in [1.165, 1.54) is 25.7 Å². The first-order valence-electron chi connectivity index (χ1n) is 9.92. The minimum Gasteiger partial charge on any atom is -0.351 e. The minimum absolute atomic E-state index is 0.0241. The van der Waals surface area contributed by atoms with E-state index in [9.17, 15) is 9.59 Å². The Morgan fingerprint density at radius 2 is 1.85 bits per heavy atom. The number of likely N-dealkylation sites (tertiary alicyclic amines) is 1. The van der Waals surface area contributed by atoms with Gasteiger partial charge in [0.25, 0.3) is 0 Å². The third-order valence-electron chi connectivity index (χ3n) is 5.80. The molecule has 0 spiro atoms. The van der Waals surface area contributed by atoms with Crippen LogP contribution in [0.5, 0.6) is 0 Å². The number of carbonyl (C=O) groups is 2. The molecule has 1 unspecified atom stereocenters. The fraction of sp³-hybridized carbons (Fsp3) is 0.545. The first kappa shape index (κ1) is 18.7. The molecule has 1 aromatic rings. The van der Waals surface area contributed by atoms with Gasteiger partial charge in [-0.15, -0.1) is 0 Å². The summed E-state index contributed by atoms with van der Waals surface area (Å²) in [4.78, 5) is 27.1. The van der Waals surface area contributed by atoms with Crippen LogP contribution in [-0.2, 0) is 9.59 Å². The molecule has 1 aliphatic heterocycles. The normalized spacial score (nSPS) is 24.1. The van der Waals surface area contributed by atoms with E-state index < -0.39 is 5.54 Å². The molecule has 1 atom stereocenters. The average Bonchev–Trinajstić information content (AvgIpc) is 2.89. The van der Waals surface area contributed by atoms with Crippen molar-refractivity contribution < 1.29 is 9.59 Å². The number of benzene rings is 1. The van der Waals surface area contributed by atoms with Crippen LogP contribution in [0.3, 0.4) is 0 Å². The minimum atomic E-state index is -0.677. The Kier molecular flexibility index (Phi) is 6.12. The van der Waals surface area contributed by atoms with Crippen LogP contribution < -0.4 is 5.32 Å². The summed E-state index contributed by atoms with van der Waals surface area (Å²) in [5.41, 5.74) is 0.405. The molecule has 4 heteroatoms. The van der Waals surface area contributed by atoms with Crippen molar-refractivity contribution in [1.82, 2.24) is 10.2 Å². The predicted octanol–water partition coefficient (Wildman–Crippen LogP) is 3.92. The van der Waals surface area contributed by atoms with Crippen LogP contribution in [0.4, 0.5) is 0 Å². The van der Waals surface area contributed by atoms with E-state index in [0.29, 0.717) is 13.0 Å². The maximum absolute atomic E-state index is 12.8. The fourth-order valence-corrected chi connectivity index (χ4v) is 3.93. The zero-order valence-electron chi connectivity index (χ0n) is 15.7. The Bertz CT molecular complexity index is 647. The van der Waals surface area contributed by atoms with Crippen LogP contribution in [0.25, 0.3) is 6.08 Å². The van der Waals surface area contributed by atoms with Crippen LogP contribution in [0.2, 0.25) is 0 Å². The highest BCUT2D eigenvalue weighted by Crippen LogP contribution is 2.32. The number of nitrogens with one attached hydrogen (secondary N) is 1. The third-order valence-corrected chi connectivity index (χ3v) is 5.80. The van der Waals surface area contributed by atoms with Crippen molar-refractivity contribution in [2.24, 2.45) is 0 Å². The van der Waals surface area contributed by atoms with Gasteiger partial charge in [-0.25, -0.2) is 0 Å². The molecule has 0 aromatic heterocycles. The molecule has 4 nitrogen and oxygen atoms in total. The van der Waals surface area contributed by atoms with Crippen LogP contribution >= 0.6 is 0 Å². The van der Waals surface area contributed by atoms with E-state index in [4.69, 9.17) is 0 Å². The SMILES string of the molecule is CC1(C(=O)NC2CCCCCC2)CCN1C(=O)C/C=C/c1ccccc1. The summed E-state index contributed by atoms with van der Waals surface area (Å²) in [6, 6.07) is 10.2. The molecule has 0 radical (unpaired) electrons. The Morgan fingerprint density at radius 3 is 2.46 bits per heavy atom. The van der Waals surface area contributed by atoms with E-state index in [2.05, 4.69) is 5.32 Å². The molecule has 140 valence electrons. The topological polar surface area (TPSA) is 49.4 Å². The van der Waals surface area contributed by atoms with Gasteiger partial charge < -0.3 is 10.2 Å². The summed E-state index contributed by atoms with van der Waals surface area (Å²) in [5, 5.41) is 3.22. The molecule has 1 N–H and O–H groups in total. The Hall–Kier alpha value is -2.10. The van der Waals surface area contributed by atoms with Gasteiger partial charge in [0, 0.05) is 19.0 Å². The largest absolute Gasteiger partial charge is 0.351 e. The lowest BCUT2D eigenvalue weighted by atomic mass is 9.84. The van der Waals surface area contributed by atoms with Crippen molar-refractivity contribution in [1.29, 1.82) is 0 Å². The molecule has 2 amide bonds. The Labute approximate surface area is 156 Å². The van der Waals surface area contributed by atoms with Crippen LogP contribution in [-0.4, -0.2) is 34.8 Å². The summed E-state index contributed by atoms with van der Waals surface area (Å²) in [5.74, 6) is 0.0537. The lowest BCUT2D eigenvalue weighted by molar-refractivity contribution is -0.157. The van der Waals surface area contributed by atoms with Crippen molar-refractivity contribution in [3.05, 3.63) is 42.0 Å². The number of nitrogens with zero attached hydrogens (tertiary/aromatic N) is 1. The number of amides is 2. The Balaban J connectivity index is 1.53. The number of hydrogen-bond donors (Lipinski definition) is 1. The highest BCUT2D eigenvalue weighted by molar-refractivity contribution is 5.93. The van der Waals surface area contributed by atoms with Gasteiger partial charge in [-0.3, -0.25) is 9.59 Å². The maximum atomic E-state index is 12.8. The summed E-state index contributed by atoms with van der Waals surface area (Å²) in [7, 11) is 0. The van der Waals surface area contributed by atoms with Gasteiger partial charge in [0.1, 0.15) is 5.54 Å². The smallest absolute Gasteiger partial charge is 0.245 e. The van der Waals surface area contributed by atoms with Crippen molar-refractivity contribution in [3.63, 3.8) is 0 Å². The predicted molar refractivity (Wildman–Crippen MR) is 104 cm³/mol.